The number of nitrogens with two attached hydrogens (primary N) is 1. The van der Waals surface area contributed by atoms with Gasteiger partial charge in [-0.3, -0.25) is 9.59 Å². The van der Waals surface area contributed by atoms with E-state index in [2.05, 4.69) is 0 Å². The number of hydrogen-bond acceptors (Lipinski definition) is 4. The molecule has 2 rings (SSSR count). The second kappa shape index (κ2) is 6.83. The molecule has 2 aromatic carbocycles. The Morgan fingerprint density at radius 2 is 1.39 bits per heavy atom. The van der Waals surface area contributed by atoms with E-state index in [4.69, 9.17) is 10.5 Å². The summed E-state index contributed by atoms with van der Waals surface area (Å²) in [6.07, 6.45) is -1.02. The van der Waals surface area contributed by atoms with Crippen LogP contribution in [0.4, 0.5) is 4.39 Å². The lowest BCUT2D eigenvalue weighted by atomic mass is 10.1. The topological polar surface area (TPSA) is 86.5 Å². The Hall–Kier alpha value is -3.02. The van der Waals surface area contributed by atoms with Gasteiger partial charge in [-0.25, -0.2) is 9.18 Å². The first-order chi connectivity index (χ1) is 10.9. The summed E-state index contributed by atoms with van der Waals surface area (Å²) in [7, 11) is 0. The molecule has 0 aromatic heterocycles. The first kappa shape index (κ1) is 16.4. The summed E-state index contributed by atoms with van der Waals surface area (Å²) < 4.78 is 17.9. The van der Waals surface area contributed by atoms with Gasteiger partial charge in [-0.1, -0.05) is 0 Å². The molecule has 0 spiro atoms. The van der Waals surface area contributed by atoms with E-state index in [1.54, 1.807) is 0 Å². The van der Waals surface area contributed by atoms with Gasteiger partial charge in [0.1, 0.15) is 5.82 Å². The van der Waals surface area contributed by atoms with Gasteiger partial charge in [-0.15, -0.1) is 0 Å². The van der Waals surface area contributed by atoms with Crippen molar-refractivity contribution in [3.63, 3.8) is 0 Å². The summed E-state index contributed by atoms with van der Waals surface area (Å²) in [6.45, 7) is 1.43. The molecular weight excluding hydrogens is 301 g/mol. The number of esters is 1. The quantitative estimate of drug-likeness (QED) is 0.678. The molecule has 0 radical (unpaired) electrons. The number of ether oxygens (including phenoxy) is 1. The lowest BCUT2D eigenvalue weighted by Gasteiger charge is -2.12. The molecular formula is C17H14FNO4. The maximum absolute atomic E-state index is 12.8. The molecule has 0 aliphatic carbocycles. The van der Waals surface area contributed by atoms with Crippen LogP contribution in [0.25, 0.3) is 0 Å². The number of rotatable bonds is 5. The van der Waals surface area contributed by atoms with Crippen molar-refractivity contribution in [2.45, 2.75) is 13.0 Å². The number of hydrogen-bond donors (Lipinski definition) is 1. The largest absolute Gasteiger partial charge is 0.451 e. The Kier molecular flexibility index (Phi) is 4.85. The Bertz CT molecular complexity index is 738. The van der Waals surface area contributed by atoms with Crippen LogP contribution in [0.5, 0.6) is 0 Å². The van der Waals surface area contributed by atoms with Gasteiger partial charge in [-0.05, 0) is 55.5 Å². The molecule has 1 amide bonds. The van der Waals surface area contributed by atoms with Crippen LogP contribution in [0.1, 0.15) is 38.0 Å². The number of Topliss-reactive ketones (excluding diaryl/α,β-unsaturated/α-hetero) is 1. The van der Waals surface area contributed by atoms with E-state index < -0.39 is 29.6 Å². The normalized spacial score (nSPS) is 11.6. The minimum Gasteiger partial charge on any atom is -0.451 e. The van der Waals surface area contributed by atoms with Gasteiger partial charge in [0.25, 0.3) is 0 Å². The van der Waals surface area contributed by atoms with Crippen LogP contribution in [0.2, 0.25) is 0 Å². The SMILES string of the molecule is CC(OC(=O)c1ccc(C(N)=O)cc1)C(=O)c1ccc(F)cc1. The summed E-state index contributed by atoms with van der Waals surface area (Å²) in [4.78, 5) is 35.0. The summed E-state index contributed by atoms with van der Waals surface area (Å²) in [5.74, 6) is -2.21. The van der Waals surface area contributed by atoms with Crippen LogP contribution in [0.3, 0.4) is 0 Å². The average molecular weight is 315 g/mol. The van der Waals surface area contributed by atoms with E-state index >= 15 is 0 Å². The van der Waals surface area contributed by atoms with E-state index in [-0.39, 0.29) is 16.7 Å². The van der Waals surface area contributed by atoms with Crippen LogP contribution in [-0.4, -0.2) is 23.8 Å². The van der Waals surface area contributed by atoms with Crippen LogP contribution in [0, 0.1) is 5.82 Å². The minimum absolute atomic E-state index is 0.189. The lowest BCUT2D eigenvalue weighted by molar-refractivity contribution is 0.0318. The van der Waals surface area contributed by atoms with E-state index in [1.807, 2.05) is 0 Å². The van der Waals surface area contributed by atoms with E-state index in [1.165, 1.54) is 43.3 Å². The molecule has 2 N–H and O–H groups in total. The summed E-state index contributed by atoms with van der Waals surface area (Å²) in [5, 5.41) is 0. The molecule has 0 bridgehead atoms. The van der Waals surface area contributed by atoms with E-state index in [0.29, 0.717) is 0 Å². The van der Waals surface area contributed by atoms with Gasteiger partial charge in [0.15, 0.2) is 6.10 Å². The van der Waals surface area contributed by atoms with E-state index in [9.17, 15) is 18.8 Å². The number of ketones is 1. The maximum atomic E-state index is 12.8. The van der Waals surface area contributed by atoms with Gasteiger partial charge in [-0.2, -0.15) is 0 Å². The fourth-order valence-electron chi connectivity index (χ4n) is 1.90. The zero-order valence-electron chi connectivity index (χ0n) is 12.3. The zero-order chi connectivity index (χ0) is 17.0. The molecule has 0 aliphatic heterocycles. The predicted octanol–water partition coefficient (Wildman–Crippen LogP) is 2.35. The van der Waals surface area contributed by atoms with Crippen LogP contribution in [-0.2, 0) is 4.74 Å². The van der Waals surface area contributed by atoms with Crippen LogP contribution >= 0.6 is 0 Å². The third kappa shape index (κ3) is 4.00. The van der Waals surface area contributed by atoms with E-state index in [0.717, 1.165) is 12.1 Å². The van der Waals surface area contributed by atoms with Crippen molar-refractivity contribution < 1.29 is 23.5 Å². The minimum atomic E-state index is -1.02. The molecule has 1 unspecified atom stereocenters. The van der Waals surface area contributed by atoms with Gasteiger partial charge >= 0.3 is 5.97 Å². The number of halogens is 1. The van der Waals surface area contributed by atoms with Gasteiger partial charge in [0, 0.05) is 11.1 Å². The van der Waals surface area contributed by atoms with Crippen molar-refractivity contribution in [3.05, 3.63) is 71.0 Å². The Morgan fingerprint density at radius 3 is 1.91 bits per heavy atom. The second-order valence-corrected chi connectivity index (χ2v) is 4.86. The molecule has 6 heteroatoms. The maximum Gasteiger partial charge on any atom is 0.338 e. The average Bonchev–Trinajstić information content (AvgIpc) is 2.54. The molecule has 0 saturated carbocycles. The fourth-order valence-corrected chi connectivity index (χ4v) is 1.90. The summed E-state index contributed by atoms with van der Waals surface area (Å²) in [6, 6.07) is 10.5. The van der Waals surface area contributed by atoms with Crippen LogP contribution in [0.15, 0.2) is 48.5 Å². The smallest absolute Gasteiger partial charge is 0.338 e. The first-order valence-corrected chi connectivity index (χ1v) is 6.79. The molecule has 0 aliphatic rings. The summed E-state index contributed by atoms with van der Waals surface area (Å²) in [5.41, 5.74) is 5.80. The fraction of sp³-hybridized carbons (Fsp3) is 0.118. The Labute approximate surface area is 131 Å². The highest BCUT2D eigenvalue weighted by Gasteiger charge is 2.20. The van der Waals surface area contributed by atoms with Crippen molar-refractivity contribution in [3.8, 4) is 0 Å². The molecule has 0 heterocycles. The Morgan fingerprint density at radius 1 is 0.913 bits per heavy atom. The molecule has 5 nitrogen and oxygen atoms in total. The highest BCUT2D eigenvalue weighted by atomic mass is 19.1. The number of amides is 1. The summed E-state index contributed by atoms with van der Waals surface area (Å²) >= 11 is 0. The van der Waals surface area contributed by atoms with Crippen LogP contribution < -0.4 is 5.73 Å². The van der Waals surface area contributed by atoms with Crippen molar-refractivity contribution in [2.24, 2.45) is 5.73 Å². The molecule has 0 saturated heterocycles. The lowest BCUT2D eigenvalue weighted by Crippen LogP contribution is -2.24. The second-order valence-electron chi connectivity index (χ2n) is 4.86. The number of carbonyl (C=O) groups is 3. The monoisotopic (exact) mass is 315 g/mol. The molecule has 2 aromatic rings. The number of benzene rings is 2. The molecule has 0 fully saturated rings. The number of primary amides is 1. The van der Waals surface area contributed by atoms with Gasteiger partial charge in [0.05, 0.1) is 5.56 Å². The molecule has 118 valence electrons. The highest BCUT2D eigenvalue weighted by molar-refractivity contribution is 6.01. The highest BCUT2D eigenvalue weighted by Crippen LogP contribution is 2.11. The van der Waals surface area contributed by atoms with Crippen molar-refractivity contribution >= 4 is 17.7 Å². The predicted molar refractivity (Wildman–Crippen MR) is 80.6 cm³/mol. The first-order valence-electron chi connectivity index (χ1n) is 6.79. The van der Waals surface area contributed by atoms with Crippen molar-refractivity contribution in [1.29, 1.82) is 0 Å². The molecule has 1 atom stereocenters. The molecule has 23 heavy (non-hydrogen) atoms. The van der Waals surface area contributed by atoms with Gasteiger partial charge < -0.3 is 10.5 Å². The van der Waals surface area contributed by atoms with Crippen molar-refractivity contribution in [1.82, 2.24) is 0 Å². The third-order valence-corrected chi connectivity index (χ3v) is 3.19. The van der Waals surface area contributed by atoms with Crippen molar-refractivity contribution in [2.75, 3.05) is 0 Å². The number of carbonyl (C=O) groups excluding carboxylic acids is 3. The standard InChI is InChI=1S/C17H14FNO4/c1-10(15(20)11-6-8-14(18)9-7-11)23-17(22)13-4-2-12(3-5-13)16(19)21/h2-10H,1H3,(H2,19,21). The van der Waals surface area contributed by atoms with Gasteiger partial charge in [0.2, 0.25) is 11.7 Å². The Balaban J connectivity index is 2.05. The third-order valence-electron chi connectivity index (χ3n) is 3.19. The zero-order valence-corrected chi connectivity index (χ0v) is 12.3.